The van der Waals surface area contributed by atoms with Crippen LogP contribution in [0.15, 0.2) is 47.0 Å². The summed E-state index contributed by atoms with van der Waals surface area (Å²) in [6.45, 7) is 3.82. The van der Waals surface area contributed by atoms with E-state index in [1.807, 2.05) is 11.8 Å². The molecule has 3 aromatic rings. The van der Waals surface area contributed by atoms with Crippen molar-refractivity contribution in [1.82, 2.24) is 15.0 Å². The molecule has 0 atom stereocenters. The van der Waals surface area contributed by atoms with Crippen LogP contribution < -0.4 is 14.8 Å². The Bertz CT molecular complexity index is 1130. The van der Waals surface area contributed by atoms with Gasteiger partial charge < -0.3 is 19.3 Å². The van der Waals surface area contributed by atoms with E-state index in [0.717, 1.165) is 0 Å². The zero-order valence-corrected chi connectivity index (χ0v) is 17.3. The van der Waals surface area contributed by atoms with Gasteiger partial charge in [0.15, 0.2) is 11.5 Å². The molecule has 0 bridgehead atoms. The van der Waals surface area contributed by atoms with Crippen LogP contribution in [0, 0.1) is 10.1 Å². The van der Waals surface area contributed by atoms with Gasteiger partial charge in [-0.25, -0.2) is 0 Å². The molecule has 2 aromatic carbocycles. The summed E-state index contributed by atoms with van der Waals surface area (Å²) in [5, 5.41) is 17.7. The van der Waals surface area contributed by atoms with Crippen molar-refractivity contribution in [2.24, 2.45) is 0 Å². The van der Waals surface area contributed by atoms with E-state index in [0.29, 0.717) is 48.4 Å². The van der Waals surface area contributed by atoms with Crippen molar-refractivity contribution in [3.63, 3.8) is 0 Å². The third kappa shape index (κ3) is 5.01. The fraction of sp³-hybridized carbons (Fsp3) is 0.286. The van der Waals surface area contributed by atoms with Gasteiger partial charge in [-0.3, -0.25) is 19.8 Å². The summed E-state index contributed by atoms with van der Waals surface area (Å²) in [7, 11) is 0. The number of fused-ring (bicyclic) bond motifs is 1. The Kier molecular flexibility index (Phi) is 6.26. The van der Waals surface area contributed by atoms with Gasteiger partial charge in [-0.15, -0.1) is 0 Å². The number of ether oxygens (including phenoxy) is 2. The van der Waals surface area contributed by atoms with Crippen molar-refractivity contribution in [1.29, 1.82) is 0 Å². The Hall–Kier alpha value is -3.99. The van der Waals surface area contributed by atoms with Crippen LogP contribution >= 0.6 is 0 Å². The number of carbonyl (C=O) groups is 1. The van der Waals surface area contributed by atoms with E-state index in [-0.39, 0.29) is 30.5 Å². The minimum Gasteiger partial charge on any atom is -0.486 e. The average Bonchev–Trinajstić information content (AvgIpc) is 3.27. The lowest BCUT2D eigenvalue weighted by Crippen LogP contribution is -2.32. The van der Waals surface area contributed by atoms with E-state index in [9.17, 15) is 14.9 Å². The Morgan fingerprint density at radius 3 is 2.78 bits per heavy atom. The molecule has 11 heteroatoms. The van der Waals surface area contributed by atoms with Crippen molar-refractivity contribution >= 4 is 17.3 Å². The van der Waals surface area contributed by atoms with E-state index in [1.54, 1.807) is 30.3 Å². The lowest BCUT2D eigenvalue weighted by molar-refractivity contribution is -0.384. The van der Waals surface area contributed by atoms with Crippen LogP contribution in [-0.4, -0.2) is 52.2 Å². The molecule has 11 nitrogen and oxygen atoms in total. The van der Waals surface area contributed by atoms with E-state index < -0.39 is 4.92 Å². The molecule has 2 heterocycles. The molecule has 0 saturated carbocycles. The smallest absolute Gasteiger partial charge is 0.270 e. The van der Waals surface area contributed by atoms with Crippen LogP contribution in [0.3, 0.4) is 0 Å². The second-order valence-corrected chi connectivity index (χ2v) is 7.03. The fourth-order valence-electron chi connectivity index (χ4n) is 3.19. The van der Waals surface area contributed by atoms with Crippen LogP contribution in [0.1, 0.15) is 12.8 Å². The second-order valence-electron chi connectivity index (χ2n) is 7.03. The van der Waals surface area contributed by atoms with Crippen molar-refractivity contribution in [2.45, 2.75) is 13.5 Å². The number of nitrogens with one attached hydrogen (secondary N) is 1. The molecular formula is C21H21N5O6. The third-order valence-electron chi connectivity index (χ3n) is 4.78. The normalized spacial score (nSPS) is 12.6. The number of hydrogen-bond acceptors (Lipinski definition) is 9. The number of likely N-dealkylation sites (N-methyl/N-ethyl adjacent to an activating group) is 1. The SMILES string of the molecule is CCN(CC(=O)Nc1ccc2c(c1)OCCO2)Cc1nc(-c2cccc([N+](=O)[O-])c2)no1. The molecule has 0 aliphatic carbocycles. The van der Waals surface area contributed by atoms with Crippen molar-refractivity contribution in [3.05, 3.63) is 58.5 Å². The molecule has 166 valence electrons. The molecule has 1 aromatic heterocycles. The van der Waals surface area contributed by atoms with E-state index >= 15 is 0 Å². The topological polar surface area (TPSA) is 133 Å². The summed E-state index contributed by atoms with van der Waals surface area (Å²) in [6.07, 6.45) is 0. The number of benzene rings is 2. The lowest BCUT2D eigenvalue weighted by atomic mass is 10.2. The number of non-ortho nitro benzene ring substituents is 1. The quantitative estimate of drug-likeness (QED) is 0.415. The molecule has 1 aliphatic rings. The molecule has 0 fully saturated rings. The predicted molar refractivity (Wildman–Crippen MR) is 113 cm³/mol. The minimum absolute atomic E-state index is 0.0557. The Labute approximate surface area is 183 Å². The molecule has 1 amide bonds. The highest BCUT2D eigenvalue weighted by Gasteiger charge is 2.17. The summed E-state index contributed by atoms with van der Waals surface area (Å²) in [4.78, 5) is 29.1. The van der Waals surface area contributed by atoms with E-state index in [1.165, 1.54) is 12.1 Å². The lowest BCUT2D eigenvalue weighted by Gasteiger charge is -2.20. The van der Waals surface area contributed by atoms with Gasteiger partial charge in [0.2, 0.25) is 17.6 Å². The third-order valence-corrected chi connectivity index (χ3v) is 4.78. The zero-order chi connectivity index (χ0) is 22.5. The number of aromatic nitrogens is 2. The van der Waals surface area contributed by atoms with Gasteiger partial charge in [-0.05, 0) is 18.7 Å². The summed E-state index contributed by atoms with van der Waals surface area (Å²) < 4.78 is 16.3. The summed E-state index contributed by atoms with van der Waals surface area (Å²) in [5.41, 5.74) is 1.04. The highest BCUT2D eigenvalue weighted by atomic mass is 16.6. The fourth-order valence-corrected chi connectivity index (χ4v) is 3.19. The first-order valence-electron chi connectivity index (χ1n) is 10.0. The number of nitro benzene ring substituents is 1. The molecular weight excluding hydrogens is 418 g/mol. The summed E-state index contributed by atoms with van der Waals surface area (Å²) >= 11 is 0. The molecule has 0 saturated heterocycles. The van der Waals surface area contributed by atoms with Crippen molar-refractivity contribution < 1.29 is 23.7 Å². The van der Waals surface area contributed by atoms with Gasteiger partial charge in [0.25, 0.3) is 5.69 Å². The molecule has 4 rings (SSSR count). The van der Waals surface area contributed by atoms with Crippen LogP contribution in [0.5, 0.6) is 11.5 Å². The van der Waals surface area contributed by atoms with E-state index in [2.05, 4.69) is 15.5 Å². The van der Waals surface area contributed by atoms with Gasteiger partial charge in [0.05, 0.1) is 18.0 Å². The number of rotatable bonds is 8. The average molecular weight is 439 g/mol. The van der Waals surface area contributed by atoms with Crippen LogP contribution in [-0.2, 0) is 11.3 Å². The Morgan fingerprint density at radius 1 is 1.19 bits per heavy atom. The van der Waals surface area contributed by atoms with Gasteiger partial charge in [0.1, 0.15) is 13.2 Å². The largest absolute Gasteiger partial charge is 0.486 e. The van der Waals surface area contributed by atoms with Gasteiger partial charge in [-0.1, -0.05) is 24.2 Å². The molecule has 0 spiro atoms. The van der Waals surface area contributed by atoms with Gasteiger partial charge in [-0.2, -0.15) is 4.98 Å². The maximum atomic E-state index is 12.5. The predicted octanol–water partition coefficient (Wildman–Crippen LogP) is 2.88. The van der Waals surface area contributed by atoms with Crippen LogP contribution in [0.25, 0.3) is 11.4 Å². The first kappa shape index (κ1) is 21.2. The number of nitrogens with zero attached hydrogens (tertiary/aromatic N) is 4. The highest BCUT2D eigenvalue weighted by Crippen LogP contribution is 2.32. The molecule has 0 radical (unpaired) electrons. The Balaban J connectivity index is 1.37. The van der Waals surface area contributed by atoms with Gasteiger partial charge >= 0.3 is 0 Å². The minimum atomic E-state index is -0.483. The number of carbonyl (C=O) groups excluding carboxylic acids is 1. The molecule has 1 aliphatic heterocycles. The number of amides is 1. The summed E-state index contributed by atoms with van der Waals surface area (Å²) in [5.74, 6) is 1.60. The second kappa shape index (κ2) is 9.43. The number of hydrogen-bond donors (Lipinski definition) is 1. The number of nitro groups is 1. The number of anilines is 1. The van der Waals surface area contributed by atoms with Crippen LogP contribution in [0.4, 0.5) is 11.4 Å². The molecule has 1 N–H and O–H groups in total. The van der Waals surface area contributed by atoms with Gasteiger partial charge in [0, 0.05) is 29.4 Å². The van der Waals surface area contributed by atoms with Crippen molar-refractivity contribution in [2.75, 3.05) is 31.6 Å². The Morgan fingerprint density at radius 2 is 2.00 bits per heavy atom. The zero-order valence-electron chi connectivity index (χ0n) is 17.3. The first-order valence-corrected chi connectivity index (χ1v) is 10.0. The highest BCUT2D eigenvalue weighted by molar-refractivity contribution is 5.92. The van der Waals surface area contributed by atoms with Crippen LogP contribution in [0.2, 0.25) is 0 Å². The van der Waals surface area contributed by atoms with Crippen molar-refractivity contribution in [3.8, 4) is 22.9 Å². The standard InChI is InChI=1S/C21H21N5O6/c1-2-25(12-19(27)22-15-6-7-17-18(11-15)31-9-8-30-17)13-20-23-21(24-32-20)14-4-3-5-16(10-14)26(28)29/h3-7,10-11H,2,8-9,12-13H2,1H3,(H,22,27). The maximum Gasteiger partial charge on any atom is 0.270 e. The first-order chi connectivity index (χ1) is 15.5. The molecule has 32 heavy (non-hydrogen) atoms. The summed E-state index contributed by atoms with van der Waals surface area (Å²) in [6, 6.07) is 11.2. The maximum absolute atomic E-state index is 12.5. The monoisotopic (exact) mass is 439 g/mol. The molecule has 0 unspecified atom stereocenters. The van der Waals surface area contributed by atoms with E-state index in [4.69, 9.17) is 14.0 Å².